The maximum atomic E-state index is 12.6. The van der Waals surface area contributed by atoms with E-state index in [-0.39, 0.29) is 27.4 Å². The molecule has 11 nitrogen and oxygen atoms in total. The highest BCUT2D eigenvalue weighted by atomic mass is 79.9. The van der Waals surface area contributed by atoms with E-state index >= 15 is 0 Å². The van der Waals surface area contributed by atoms with E-state index in [4.69, 9.17) is 11.7 Å². The molecule has 0 bridgehead atoms. The van der Waals surface area contributed by atoms with Crippen molar-refractivity contribution in [2.45, 2.75) is 27.2 Å². The minimum absolute atomic E-state index is 0.0614. The summed E-state index contributed by atoms with van der Waals surface area (Å²) in [6.07, 6.45) is 5.93. The van der Waals surface area contributed by atoms with Crippen molar-refractivity contribution in [2.24, 2.45) is 16.1 Å². The summed E-state index contributed by atoms with van der Waals surface area (Å²) in [7, 11) is 0. The van der Waals surface area contributed by atoms with Gasteiger partial charge in [0, 0.05) is 24.8 Å². The van der Waals surface area contributed by atoms with Crippen LogP contribution in [0.15, 0.2) is 45.0 Å². The molecule has 0 spiro atoms. The van der Waals surface area contributed by atoms with E-state index in [1.54, 1.807) is 12.1 Å². The molecule has 2 rings (SSSR count). The van der Waals surface area contributed by atoms with Crippen LogP contribution in [0.2, 0.25) is 0 Å². The molecule has 2 aromatic rings. The molecule has 1 unspecified atom stereocenters. The smallest absolute Gasteiger partial charge is 0.300 e. The summed E-state index contributed by atoms with van der Waals surface area (Å²) in [5.41, 5.74) is 3.30. The Morgan fingerprint density at radius 3 is 2.56 bits per heavy atom. The molecule has 180 valence electrons. The molecule has 12 heteroatoms. The van der Waals surface area contributed by atoms with Crippen molar-refractivity contribution >= 4 is 56.0 Å². The Hall–Kier alpha value is -3.53. The van der Waals surface area contributed by atoms with E-state index in [0.717, 1.165) is 24.8 Å². The van der Waals surface area contributed by atoms with Crippen molar-refractivity contribution in [3.8, 4) is 12.3 Å². The molecule has 0 aromatic heterocycles. The van der Waals surface area contributed by atoms with E-state index in [1.165, 1.54) is 6.07 Å². The molecule has 0 heterocycles. The van der Waals surface area contributed by atoms with Gasteiger partial charge in [-0.3, -0.25) is 14.9 Å². The summed E-state index contributed by atoms with van der Waals surface area (Å²) in [4.78, 5) is 29.5. The van der Waals surface area contributed by atoms with Crippen molar-refractivity contribution in [3.05, 3.63) is 44.9 Å². The molecule has 1 atom stereocenters. The highest BCUT2D eigenvalue weighted by molar-refractivity contribution is 9.10. The molecule has 2 aromatic carbocycles. The van der Waals surface area contributed by atoms with Crippen LogP contribution in [0.1, 0.15) is 27.2 Å². The minimum atomic E-state index is -0.646. The highest BCUT2D eigenvalue weighted by Crippen LogP contribution is 2.40. The Morgan fingerprint density at radius 2 is 2.00 bits per heavy atom. The Bertz CT molecular complexity index is 1110. The SMILES string of the molecule is C#CC(CC)C(=O)Nc1cc(N(CC)CC)ccc1N=Nc1c(Br)cc(NOO)cc1[N+](=O)[O-]. The monoisotopic (exact) mass is 532 g/mol. The molecule has 0 aliphatic rings. The summed E-state index contributed by atoms with van der Waals surface area (Å²) in [6.45, 7) is 7.34. The Balaban J connectivity index is 2.55. The Morgan fingerprint density at radius 1 is 1.29 bits per heavy atom. The molecule has 0 aliphatic carbocycles. The molecule has 3 N–H and O–H groups in total. The summed E-state index contributed by atoms with van der Waals surface area (Å²) >= 11 is 3.22. The van der Waals surface area contributed by atoms with E-state index in [0.29, 0.717) is 17.8 Å². The predicted molar refractivity (Wildman–Crippen MR) is 134 cm³/mol. The second kappa shape index (κ2) is 12.6. The number of hydrogen-bond donors (Lipinski definition) is 3. The zero-order valence-corrected chi connectivity index (χ0v) is 20.5. The van der Waals surface area contributed by atoms with Gasteiger partial charge in [-0.15, -0.1) is 21.6 Å². The second-order valence-electron chi connectivity index (χ2n) is 6.97. The number of nitrogens with one attached hydrogen (secondary N) is 2. The third-order valence-corrected chi connectivity index (χ3v) is 5.56. The van der Waals surface area contributed by atoms with Gasteiger partial charge in [0.05, 0.1) is 26.7 Å². The summed E-state index contributed by atoms with van der Waals surface area (Å²) in [6, 6.07) is 7.80. The van der Waals surface area contributed by atoms with Gasteiger partial charge in [0.2, 0.25) is 5.91 Å². The van der Waals surface area contributed by atoms with Crippen molar-refractivity contribution in [1.82, 2.24) is 0 Å². The number of halogens is 1. The van der Waals surface area contributed by atoms with Crippen molar-refractivity contribution in [3.63, 3.8) is 0 Å². The van der Waals surface area contributed by atoms with Crippen molar-refractivity contribution in [2.75, 3.05) is 28.8 Å². The fraction of sp³-hybridized carbons (Fsp3) is 0.318. The number of benzene rings is 2. The molecular weight excluding hydrogens is 508 g/mol. The largest absolute Gasteiger partial charge is 0.372 e. The highest BCUT2D eigenvalue weighted by Gasteiger charge is 2.20. The fourth-order valence-electron chi connectivity index (χ4n) is 3.13. The molecule has 0 saturated carbocycles. The number of terminal acetylenes is 1. The Labute approximate surface area is 205 Å². The van der Waals surface area contributed by atoms with Crippen LogP contribution < -0.4 is 15.7 Å². The van der Waals surface area contributed by atoms with Gasteiger partial charge < -0.3 is 10.2 Å². The van der Waals surface area contributed by atoms with E-state index < -0.39 is 10.8 Å². The average Bonchev–Trinajstić information content (AvgIpc) is 2.80. The van der Waals surface area contributed by atoms with Crippen LogP contribution in [0.5, 0.6) is 0 Å². The zero-order valence-electron chi connectivity index (χ0n) is 18.9. The van der Waals surface area contributed by atoms with Gasteiger partial charge in [-0.2, -0.15) is 0 Å². The van der Waals surface area contributed by atoms with Crippen LogP contribution in [0.3, 0.4) is 0 Å². The zero-order chi connectivity index (χ0) is 25.3. The number of amides is 1. The van der Waals surface area contributed by atoms with E-state index in [1.807, 2.05) is 26.8 Å². The Kier molecular flexibility index (Phi) is 9.93. The van der Waals surface area contributed by atoms with E-state index in [9.17, 15) is 14.9 Å². The number of carbonyl (C=O) groups excluding carboxylic acids is 1. The number of anilines is 3. The van der Waals surface area contributed by atoms with Crippen LogP contribution >= 0.6 is 15.9 Å². The lowest BCUT2D eigenvalue weighted by atomic mass is 10.1. The fourth-order valence-corrected chi connectivity index (χ4v) is 3.66. The van der Waals surface area contributed by atoms with E-state index in [2.05, 4.69) is 52.8 Å². The normalized spacial score (nSPS) is 11.6. The predicted octanol–water partition coefficient (Wildman–Crippen LogP) is 6.03. The third kappa shape index (κ3) is 6.50. The summed E-state index contributed by atoms with van der Waals surface area (Å²) < 4.78 is 0.230. The van der Waals surface area contributed by atoms with Gasteiger partial charge in [-0.25, -0.2) is 10.7 Å². The standard InChI is InChI=1S/C22H25BrN6O5/c1-5-14(6-2)22(30)24-19-13-16(28(7-3)8-4)9-10-18(19)25-26-21-17(23)11-15(27-34-33)12-20(21)29(31)32/h1,9-14,27,33H,6-8H2,2-4H3,(H,24,30). The number of nitro groups is 1. The maximum absolute atomic E-state index is 12.6. The van der Waals surface area contributed by atoms with Gasteiger partial charge in [0.1, 0.15) is 5.69 Å². The van der Waals surface area contributed by atoms with Crippen LogP contribution in [-0.2, 0) is 9.78 Å². The first kappa shape index (κ1) is 26.7. The lowest BCUT2D eigenvalue weighted by molar-refractivity contribution is -0.384. The molecule has 1 amide bonds. The van der Waals surface area contributed by atoms with Gasteiger partial charge in [0.15, 0.2) is 5.69 Å². The number of rotatable bonds is 11. The van der Waals surface area contributed by atoms with Crippen molar-refractivity contribution < 1.29 is 20.0 Å². The molecule has 0 saturated heterocycles. The summed E-state index contributed by atoms with van der Waals surface area (Å²) in [5, 5.41) is 31.2. The molecular formula is C22H25BrN6O5. The average molecular weight is 533 g/mol. The lowest BCUT2D eigenvalue weighted by Crippen LogP contribution is -2.23. The first-order valence-electron chi connectivity index (χ1n) is 10.4. The second-order valence-corrected chi connectivity index (χ2v) is 7.82. The lowest BCUT2D eigenvalue weighted by Gasteiger charge is -2.22. The van der Waals surface area contributed by atoms with Crippen LogP contribution in [-0.4, -0.2) is 29.2 Å². The van der Waals surface area contributed by atoms with Gasteiger partial charge in [-0.05, 0) is 60.5 Å². The quantitative estimate of drug-likeness (QED) is 0.105. The molecule has 34 heavy (non-hydrogen) atoms. The molecule has 0 fully saturated rings. The number of nitro benzene ring substituents is 1. The third-order valence-electron chi connectivity index (χ3n) is 4.95. The van der Waals surface area contributed by atoms with Crippen molar-refractivity contribution in [1.29, 1.82) is 0 Å². The van der Waals surface area contributed by atoms with Gasteiger partial charge in [-0.1, -0.05) is 12.8 Å². The number of nitrogens with zero attached hydrogens (tertiary/aromatic N) is 4. The minimum Gasteiger partial charge on any atom is -0.372 e. The first-order chi connectivity index (χ1) is 16.3. The number of azo groups is 1. The molecule has 0 radical (unpaired) electrons. The van der Waals surface area contributed by atoms with Crippen LogP contribution in [0, 0.1) is 28.4 Å². The molecule has 0 aliphatic heterocycles. The first-order valence-corrected chi connectivity index (χ1v) is 11.2. The number of carbonyl (C=O) groups is 1. The number of hydrogen-bond acceptors (Lipinski definition) is 9. The summed E-state index contributed by atoms with van der Waals surface area (Å²) in [5.74, 6) is 1.48. The maximum Gasteiger partial charge on any atom is 0.300 e. The topological polar surface area (TPSA) is 142 Å². The van der Waals surface area contributed by atoms with Crippen LogP contribution in [0.4, 0.5) is 34.1 Å². The van der Waals surface area contributed by atoms with Crippen LogP contribution in [0.25, 0.3) is 0 Å². The van der Waals surface area contributed by atoms with Gasteiger partial charge in [0.25, 0.3) is 5.69 Å². The van der Waals surface area contributed by atoms with Gasteiger partial charge >= 0.3 is 0 Å².